The minimum absolute atomic E-state index is 0. The van der Waals surface area contributed by atoms with E-state index in [2.05, 4.69) is 105 Å². The van der Waals surface area contributed by atoms with E-state index in [1.165, 1.54) is 0 Å². The van der Waals surface area contributed by atoms with Crippen LogP contribution in [0.4, 0.5) is 0 Å². The van der Waals surface area contributed by atoms with Gasteiger partial charge >= 0.3 is 17.1 Å². The standard InChI is InChI=1S/2C8H24O2Si3.4CH4/c2*1-11(2,3)9-13(7,8)10-12(4,5)6;;;;/h2*1-8H3;4*1H4. The van der Waals surface area contributed by atoms with E-state index in [4.69, 9.17) is 16.5 Å². The smallest absolute Gasteiger partial charge is 0.311 e. The predicted molar refractivity (Wildman–Crippen MR) is 160 cm³/mol. The summed E-state index contributed by atoms with van der Waals surface area (Å²) in [5.74, 6) is 0. The minimum atomic E-state index is -1.85. The van der Waals surface area contributed by atoms with Crippen LogP contribution in [0.3, 0.4) is 0 Å². The van der Waals surface area contributed by atoms with E-state index in [1.807, 2.05) is 0 Å². The van der Waals surface area contributed by atoms with Crippen LogP contribution in [0.15, 0.2) is 0 Å². The second-order valence-electron chi connectivity index (χ2n) is 11.7. The zero-order valence-electron chi connectivity index (χ0n) is 20.6. The van der Waals surface area contributed by atoms with Crippen LogP contribution < -0.4 is 0 Å². The molecule has 0 saturated heterocycles. The molecule has 0 aliphatic rings. The van der Waals surface area contributed by atoms with Crippen molar-refractivity contribution in [1.29, 1.82) is 0 Å². The molecule has 0 aliphatic carbocycles. The lowest BCUT2D eigenvalue weighted by atomic mass is 11.8. The Hall–Kier alpha value is 1.14. The maximum Gasteiger partial charge on any atom is 0.311 e. The van der Waals surface area contributed by atoms with Gasteiger partial charge in [-0.3, -0.25) is 0 Å². The van der Waals surface area contributed by atoms with Crippen LogP contribution in [0.5, 0.6) is 0 Å². The maximum atomic E-state index is 6.09. The Bertz CT molecular complexity index is 341. The van der Waals surface area contributed by atoms with Crippen molar-refractivity contribution in [2.24, 2.45) is 0 Å². The van der Waals surface area contributed by atoms with Gasteiger partial charge in [-0.1, -0.05) is 29.7 Å². The lowest BCUT2D eigenvalue weighted by Gasteiger charge is -2.35. The molecular formula is C20H64O4Si6. The van der Waals surface area contributed by atoms with Crippen LogP contribution in [-0.4, -0.2) is 50.4 Å². The Kier molecular flexibility index (Phi) is 22.6. The van der Waals surface area contributed by atoms with Crippen molar-refractivity contribution in [3.63, 3.8) is 0 Å². The Morgan fingerprint density at radius 1 is 0.267 bits per heavy atom. The van der Waals surface area contributed by atoms with Crippen LogP contribution in [0.25, 0.3) is 0 Å². The second-order valence-corrected chi connectivity index (χ2v) is 37.4. The van der Waals surface area contributed by atoms with Gasteiger partial charge in [0.25, 0.3) is 0 Å². The molecule has 0 rings (SSSR count). The van der Waals surface area contributed by atoms with Gasteiger partial charge in [0.1, 0.15) is 0 Å². The molecule has 4 nitrogen and oxygen atoms in total. The highest BCUT2D eigenvalue weighted by Crippen LogP contribution is 2.20. The van der Waals surface area contributed by atoms with Gasteiger partial charge in [-0.2, -0.15) is 0 Å². The molecular weight excluding hydrogens is 473 g/mol. The predicted octanol–water partition coefficient (Wildman–Crippen LogP) is 9.33. The highest BCUT2D eigenvalue weighted by Gasteiger charge is 2.36. The van der Waals surface area contributed by atoms with Gasteiger partial charge in [-0.05, 0) is 105 Å². The van der Waals surface area contributed by atoms with E-state index >= 15 is 0 Å². The zero-order valence-corrected chi connectivity index (χ0v) is 26.6. The maximum absolute atomic E-state index is 6.09. The van der Waals surface area contributed by atoms with E-state index in [0.717, 1.165) is 0 Å². The summed E-state index contributed by atoms with van der Waals surface area (Å²) in [5, 5.41) is 0. The molecule has 0 aromatic heterocycles. The van der Waals surface area contributed by atoms with Crippen LogP contribution in [0.1, 0.15) is 29.7 Å². The third kappa shape index (κ3) is 36.5. The molecule has 0 N–H and O–H groups in total. The van der Waals surface area contributed by atoms with Crippen molar-refractivity contribution in [3.05, 3.63) is 0 Å². The molecule has 0 spiro atoms. The fourth-order valence-corrected chi connectivity index (χ4v) is 27.7. The van der Waals surface area contributed by atoms with Gasteiger partial charge in [-0.25, -0.2) is 0 Å². The molecule has 30 heavy (non-hydrogen) atoms. The summed E-state index contributed by atoms with van der Waals surface area (Å²) in [6.45, 7) is 35.2. The lowest BCUT2D eigenvalue weighted by molar-refractivity contribution is 0.394. The summed E-state index contributed by atoms with van der Waals surface area (Å²) < 4.78 is 24.4. The number of rotatable bonds is 8. The van der Waals surface area contributed by atoms with E-state index in [-0.39, 0.29) is 29.7 Å². The first kappa shape index (κ1) is 44.8. The normalized spacial score (nSPS) is 12.8. The van der Waals surface area contributed by atoms with Gasteiger partial charge in [0.2, 0.25) is 0 Å². The van der Waals surface area contributed by atoms with Crippen molar-refractivity contribution >= 4 is 50.4 Å². The van der Waals surface area contributed by atoms with E-state index in [9.17, 15) is 0 Å². The largest absolute Gasteiger partial charge is 0.437 e. The van der Waals surface area contributed by atoms with Crippen LogP contribution in [0.2, 0.25) is 105 Å². The summed E-state index contributed by atoms with van der Waals surface area (Å²) in [6.07, 6.45) is 0. The fraction of sp³-hybridized carbons (Fsp3) is 1.00. The van der Waals surface area contributed by atoms with Crippen molar-refractivity contribution in [3.8, 4) is 0 Å². The van der Waals surface area contributed by atoms with Crippen molar-refractivity contribution in [2.45, 2.75) is 134 Å². The molecule has 0 fully saturated rings. The third-order valence-corrected chi connectivity index (χ3v) is 19.9. The first-order valence-corrected chi connectivity index (χ1v) is 28.9. The van der Waals surface area contributed by atoms with E-state index in [1.54, 1.807) is 0 Å². The Balaban J connectivity index is -0.0000000847. The van der Waals surface area contributed by atoms with Crippen LogP contribution in [-0.2, 0) is 16.5 Å². The highest BCUT2D eigenvalue weighted by molar-refractivity contribution is 6.87. The van der Waals surface area contributed by atoms with Gasteiger partial charge in [0, 0.05) is 0 Å². The molecule has 0 unspecified atom stereocenters. The second kappa shape index (κ2) is 15.1. The summed E-state index contributed by atoms with van der Waals surface area (Å²) in [7, 11) is -9.44. The SMILES string of the molecule is C.C.C.C.C[Si](C)(C)O[Si](C)(C)O[Si](C)(C)C.C[Si](C)(C)O[Si](C)(C)O[Si](C)(C)C. The van der Waals surface area contributed by atoms with Gasteiger partial charge in [0.05, 0.1) is 0 Å². The highest BCUT2D eigenvalue weighted by atomic mass is 28.5. The monoisotopic (exact) mass is 536 g/mol. The van der Waals surface area contributed by atoms with Crippen molar-refractivity contribution in [2.75, 3.05) is 0 Å². The topological polar surface area (TPSA) is 36.9 Å². The first-order chi connectivity index (χ1) is 10.8. The average Bonchev–Trinajstić information content (AvgIpc) is 1.97. The Morgan fingerprint density at radius 2 is 0.367 bits per heavy atom. The molecule has 10 heteroatoms. The molecule has 0 amide bonds. The van der Waals surface area contributed by atoms with Crippen molar-refractivity contribution in [1.82, 2.24) is 0 Å². The van der Waals surface area contributed by atoms with E-state index in [0.29, 0.717) is 0 Å². The molecule has 0 bridgehead atoms. The first-order valence-electron chi connectivity index (χ1n) is 9.63. The molecule has 0 aliphatic heterocycles. The average molecular weight is 537 g/mol. The van der Waals surface area contributed by atoms with Gasteiger partial charge < -0.3 is 16.5 Å². The molecule has 0 aromatic carbocycles. The summed E-state index contributed by atoms with van der Waals surface area (Å²) >= 11 is 0. The molecule has 0 heterocycles. The Labute approximate surface area is 200 Å². The quantitative estimate of drug-likeness (QED) is 0.289. The van der Waals surface area contributed by atoms with Gasteiger partial charge in [-0.15, -0.1) is 0 Å². The number of hydrogen-bond donors (Lipinski definition) is 0. The van der Waals surface area contributed by atoms with Gasteiger partial charge in [0.15, 0.2) is 33.3 Å². The Morgan fingerprint density at radius 3 is 0.433 bits per heavy atom. The molecule has 0 atom stereocenters. The summed E-state index contributed by atoms with van der Waals surface area (Å²) in [5.41, 5.74) is 0. The van der Waals surface area contributed by atoms with Crippen molar-refractivity contribution < 1.29 is 16.5 Å². The molecule has 0 aromatic rings. The zero-order chi connectivity index (χ0) is 21.8. The number of hydrogen-bond acceptors (Lipinski definition) is 4. The summed E-state index contributed by atoms with van der Waals surface area (Å²) in [4.78, 5) is 0. The molecule has 0 radical (unpaired) electrons. The van der Waals surface area contributed by atoms with Crippen LogP contribution in [0, 0.1) is 0 Å². The third-order valence-electron chi connectivity index (χ3n) is 2.21. The molecule has 0 saturated carbocycles. The minimum Gasteiger partial charge on any atom is -0.437 e. The fourth-order valence-electron chi connectivity index (χ4n) is 2.99. The summed E-state index contributed by atoms with van der Waals surface area (Å²) in [6, 6.07) is 0. The lowest BCUT2D eigenvalue weighted by Crippen LogP contribution is -2.50. The van der Waals surface area contributed by atoms with E-state index < -0.39 is 50.4 Å². The van der Waals surface area contributed by atoms with Crippen LogP contribution >= 0.6 is 0 Å². The molecule has 192 valence electrons.